The molecule has 0 amide bonds. The van der Waals surface area contributed by atoms with Gasteiger partial charge in [-0.15, -0.1) is 0 Å². The third-order valence-corrected chi connectivity index (χ3v) is 0.781. The van der Waals surface area contributed by atoms with Crippen molar-refractivity contribution in [2.75, 3.05) is 0 Å². The fourth-order valence-electron chi connectivity index (χ4n) is 0.102. The standard InChI is InChI=1S/C5H11N.Y/c1-4-5(2)6-3;/h5-6H,1,3-4H2,2H3;/q-2;. The summed E-state index contributed by atoms with van der Waals surface area (Å²) in [4.78, 5) is 0. The summed E-state index contributed by atoms with van der Waals surface area (Å²) < 4.78 is 0. The maximum absolute atomic E-state index is 3.65. The Balaban J connectivity index is 0. The Hall–Kier alpha value is 1.06. The van der Waals surface area contributed by atoms with Gasteiger partial charge < -0.3 is 12.2 Å². The van der Waals surface area contributed by atoms with Gasteiger partial charge in [-0.25, -0.2) is 0 Å². The number of hydrogen-bond acceptors (Lipinski definition) is 1. The van der Waals surface area contributed by atoms with Crippen molar-refractivity contribution < 1.29 is 32.7 Å². The van der Waals surface area contributed by atoms with Gasteiger partial charge in [-0.3, -0.25) is 7.05 Å². The van der Waals surface area contributed by atoms with Gasteiger partial charge in [0.25, 0.3) is 0 Å². The minimum atomic E-state index is 0. The van der Waals surface area contributed by atoms with Crippen molar-refractivity contribution >= 4 is 0 Å². The molecular formula is C5H11NY-2. The van der Waals surface area contributed by atoms with Crippen LogP contribution >= 0.6 is 0 Å². The molecule has 1 atom stereocenters. The topological polar surface area (TPSA) is 12.0 Å². The molecule has 1 unspecified atom stereocenters. The molecule has 0 bridgehead atoms. The maximum Gasteiger partial charge on any atom is 0 e. The summed E-state index contributed by atoms with van der Waals surface area (Å²) in [6, 6.07) is 0.463. The van der Waals surface area contributed by atoms with Gasteiger partial charge in [-0.1, -0.05) is 13.0 Å². The van der Waals surface area contributed by atoms with Crippen LogP contribution in [0, 0.1) is 14.0 Å². The molecule has 0 aliphatic heterocycles. The van der Waals surface area contributed by atoms with E-state index in [4.69, 9.17) is 0 Å². The summed E-state index contributed by atoms with van der Waals surface area (Å²) in [7, 11) is 3.47. The van der Waals surface area contributed by atoms with Gasteiger partial charge in [0.05, 0.1) is 0 Å². The predicted octanol–water partition coefficient (Wildman–Crippen LogP) is 0.978. The third kappa shape index (κ3) is 7.06. The largest absolute Gasteiger partial charge is 0.472 e. The molecule has 0 heterocycles. The molecule has 0 aliphatic carbocycles. The molecule has 1 radical (unpaired) electrons. The monoisotopic (exact) mass is 174 g/mol. The van der Waals surface area contributed by atoms with E-state index < -0.39 is 0 Å². The normalized spacial score (nSPS) is 12.4. The van der Waals surface area contributed by atoms with Gasteiger partial charge in [-0.2, -0.15) is 6.42 Å². The molecule has 0 spiro atoms. The molecule has 2 heteroatoms. The third-order valence-electron chi connectivity index (χ3n) is 0.781. The van der Waals surface area contributed by atoms with Gasteiger partial charge in [0.15, 0.2) is 0 Å². The van der Waals surface area contributed by atoms with Crippen LogP contribution in [0.3, 0.4) is 0 Å². The second-order valence-corrected chi connectivity index (χ2v) is 1.39. The summed E-state index contributed by atoms with van der Waals surface area (Å²) in [6.07, 6.45) is 0.906. The van der Waals surface area contributed by atoms with Crippen LogP contribution in [0.2, 0.25) is 0 Å². The average molecular weight is 174 g/mol. The molecular weight excluding hydrogens is 163 g/mol. The van der Waals surface area contributed by atoms with E-state index in [9.17, 15) is 0 Å². The van der Waals surface area contributed by atoms with Crippen molar-refractivity contribution in [3.63, 3.8) is 0 Å². The first kappa shape index (κ1) is 10.9. The summed E-state index contributed by atoms with van der Waals surface area (Å²) in [6.45, 7) is 5.70. The first-order chi connectivity index (χ1) is 2.81. The zero-order valence-electron chi connectivity index (χ0n) is 4.78. The molecule has 41 valence electrons. The Kier molecular flexibility index (Phi) is 11.0. The SMILES string of the molecule is [CH2-]CC(C)N[CH2-].[Y]. The number of nitrogens with one attached hydrogen (secondary N) is 1. The fraction of sp³-hybridized carbons (Fsp3) is 0.600. The molecule has 0 fully saturated rings. The molecule has 0 aromatic heterocycles. The fourth-order valence-corrected chi connectivity index (χ4v) is 0.102. The van der Waals surface area contributed by atoms with Crippen molar-refractivity contribution in [3.05, 3.63) is 14.0 Å². The van der Waals surface area contributed by atoms with Gasteiger partial charge in [0, 0.05) is 32.7 Å². The zero-order chi connectivity index (χ0) is 4.99. The number of hydrogen-bond donors (Lipinski definition) is 1. The van der Waals surface area contributed by atoms with Crippen LogP contribution in [-0.2, 0) is 32.7 Å². The number of rotatable bonds is 2. The van der Waals surface area contributed by atoms with Gasteiger partial charge in [-0.05, 0) is 0 Å². The molecule has 0 saturated heterocycles. The van der Waals surface area contributed by atoms with Crippen LogP contribution < -0.4 is 5.32 Å². The van der Waals surface area contributed by atoms with E-state index >= 15 is 0 Å². The van der Waals surface area contributed by atoms with Gasteiger partial charge >= 0.3 is 0 Å². The van der Waals surface area contributed by atoms with Crippen LogP contribution in [0.4, 0.5) is 0 Å². The average Bonchev–Trinajstić information content (AvgIpc) is 1.65. The Morgan fingerprint density at radius 3 is 2.14 bits per heavy atom. The van der Waals surface area contributed by atoms with Crippen molar-refractivity contribution in [2.45, 2.75) is 19.4 Å². The Bertz CT molecular complexity index is 27.3. The summed E-state index contributed by atoms with van der Waals surface area (Å²) in [5, 5.41) is 2.80. The molecule has 0 saturated carbocycles. The van der Waals surface area contributed by atoms with Crippen LogP contribution in [-0.4, -0.2) is 6.04 Å². The zero-order valence-corrected chi connectivity index (χ0v) is 7.61. The van der Waals surface area contributed by atoms with E-state index in [0.717, 1.165) is 6.42 Å². The summed E-state index contributed by atoms with van der Waals surface area (Å²) in [5.41, 5.74) is 0. The molecule has 0 aliphatic rings. The van der Waals surface area contributed by atoms with Crippen molar-refractivity contribution in [3.8, 4) is 0 Å². The Morgan fingerprint density at radius 2 is 2.14 bits per heavy atom. The molecule has 0 aromatic rings. The van der Waals surface area contributed by atoms with Crippen molar-refractivity contribution in [2.24, 2.45) is 0 Å². The Morgan fingerprint density at radius 1 is 1.71 bits per heavy atom. The second-order valence-electron chi connectivity index (χ2n) is 1.39. The van der Waals surface area contributed by atoms with Crippen molar-refractivity contribution in [1.29, 1.82) is 0 Å². The van der Waals surface area contributed by atoms with E-state index in [0.29, 0.717) is 6.04 Å². The molecule has 1 N–H and O–H groups in total. The predicted molar refractivity (Wildman–Crippen MR) is 27.9 cm³/mol. The minimum Gasteiger partial charge on any atom is -0.472 e. The molecule has 1 nitrogen and oxygen atoms in total. The summed E-state index contributed by atoms with van der Waals surface area (Å²) in [5.74, 6) is 0. The second kappa shape index (κ2) is 7.06. The van der Waals surface area contributed by atoms with Crippen LogP contribution in [0.25, 0.3) is 0 Å². The molecule has 7 heavy (non-hydrogen) atoms. The summed E-state index contributed by atoms with van der Waals surface area (Å²) >= 11 is 0. The van der Waals surface area contributed by atoms with Crippen LogP contribution in [0.5, 0.6) is 0 Å². The van der Waals surface area contributed by atoms with E-state index in [2.05, 4.69) is 19.3 Å². The molecule has 0 aromatic carbocycles. The van der Waals surface area contributed by atoms with Crippen molar-refractivity contribution in [1.82, 2.24) is 5.32 Å². The minimum absolute atomic E-state index is 0. The van der Waals surface area contributed by atoms with E-state index in [1.54, 1.807) is 0 Å². The smallest absolute Gasteiger partial charge is 0 e. The van der Waals surface area contributed by atoms with Gasteiger partial charge in [0.2, 0.25) is 0 Å². The van der Waals surface area contributed by atoms with E-state index in [1.165, 1.54) is 0 Å². The maximum atomic E-state index is 3.65. The van der Waals surface area contributed by atoms with Crippen LogP contribution in [0.1, 0.15) is 13.3 Å². The quantitative estimate of drug-likeness (QED) is 0.615. The molecule has 0 rings (SSSR count). The first-order valence-electron chi connectivity index (χ1n) is 2.13. The van der Waals surface area contributed by atoms with Gasteiger partial charge in [0.1, 0.15) is 0 Å². The van der Waals surface area contributed by atoms with E-state index in [1.807, 2.05) is 6.92 Å². The van der Waals surface area contributed by atoms with E-state index in [-0.39, 0.29) is 32.7 Å². The van der Waals surface area contributed by atoms with Crippen LogP contribution in [0.15, 0.2) is 0 Å². The Labute approximate surface area is 71.1 Å². The first-order valence-corrected chi connectivity index (χ1v) is 2.13.